The molecule has 1 fully saturated rings. The van der Waals surface area contributed by atoms with Crippen molar-refractivity contribution in [1.82, 2.24) is 15.0 Å². The molecule has 6 aromatic rings. The molecule has 3 heterocycles. The summed E-state index contributed by atoms with van der Waals surface area (Å²) in [6.45, 7) is 0. The molecule has 5 heteroatoms. The molecule has 0 radical (unpaired) electrons. The summed E-state index contributed by atoms with van der Waals surface area (Å²) in [5.41, 5.74) is 7.00. The molecular formula is C41H30N4S. The predicted molar refractivity (Wildman–Crippen MR) is 190 cm³/mol. The van der Waals surface area contributed by atoms with Crippen molar-refractivity contribution in [3.05, 3.63) is 168 Å². The lowest BCUT2D eigenvalue weighted by Crippen LogP contribution is -2.30. The van der Waals surface area contributed by atoms with E-state index in [2.05, 4.69) is 96.0 Å². The highest BCUT2D eigenvalue weighted by molar-refractivity contribution is 7.19. The van der Waals surface area contributed by atoms with Gasteiger partial charge in [-0.1, -0.05) is 115 Å². The van der Waals surface area contributed by atoms with Crippen LogP contribution in [-0.4, -0.2) is 21.0 Å². The van der Waals surface area contributed by atoms with Gasteiger partial charge in [0.05, 0.1) is 6.04 Å². The molecule has 9 rings (SSSR count). The topological polar surface area (TPSA) is 41.9 Å². The maximum atomic E-state index is 4.96. The molecule has 1 saturated heterocycles. The lowest BCUT2D eigenvalue weighted by atomic mass is 9.85. The largest absolute Gasteiger partial charge is 0.334 e. The van der Waals surface area contributed by atoms with Crippen molar-refractivity contribution in [3.63, 3.8) is 0 Å². The van der Waals surface area contributed by atoms with Crippen LogP contribution in [0.25, 0.3) is 44.2 Å². The van der Waals surface area contributed by atoms with Gasteiger partial charge in [-0.3, -0.25) is 0 Å². The van der Waals surface area contributed by atoms with E-state index in [0.29, 0.717) is 35.4 Å². The summed E-state index contributed by atoms with van der Waals surface area (Å²) in [5, 5.41) is 1.23. The Balaban J connectivity index is 1.08. The van der Waals surface area contributed by atoms with Gasteiger partial charge in [-0.05, 0) is 53.8 Å². The molecule has 0 spiro atoms. The lowest BCUT2D eigenvalue weighted by Gasteiger charge is -2.28. The Morgan fingerprint density at radius 3 is 1.96 bits per heavy atom. The van der Waals surface area contributed by atoms with Crippen molar-refractivity contribution >= 4 is 27.1 Å². The minimum absolute atomic E-state index is 0.315. The van der Waals surface area contributed by atoms with Gasteiger partial charge in [0.2, 0.25) is 0 Å². The van der Waals surface area contributed by atoms with E-state index < -0.39 is 0 Å². The van der Waals surface area contributed by atoms with Gasteiger partial charge in [0.15, 0.2) is 17.5 Å². The number of thiophene rings is 1. The summed E-state index contributed by atoms with van der Waals surface area (Å²) < 4.78 is 1.28. The summed E-state index contributed by atoms with van der Waals surface area (Å²) in [6, 6.07) is 40.4. The Kier molecular flexibility index (Phi) is 6.57. The van der Waals surface area contributed by atoms with E-state index in [0.717, 1.165) is 23.1 Å². The SMILES string of the molecule is C1=CC2C3=CC(c4cc5cc(-c6nc(-c7ccccc7)nc(-c7ccccc7)n6)ccc5s4)CC=C3N(c3ccccc3)C2C=C1. The lowest BCUT2D eigenvalue weighted by molar-refractivity contribution is 0.699. The van der Waals surface area contributed by atoms with E-state index in [1.54, 1.807) is 0 Å². The number of nitrogens with zero attached hydrogens (tertiary/aromatic N) is 4. The summed E-state index contributed by atoms with van der Waals surface area (Å²) in [4.78, 5) is 18.7. The molecule has 0 saturated carbocycles. The summed E-state index contributed by atoms with van der Waals surface area (Å²) >= 11 is 1.90. The second-order valence-corrected chi connectivity index (χ2v) is 13.1. The Bertz CT molecular complexity index is 2140. The second-order valence-electron chi connectivity index (χ2n) is 12.0. The molecule has 3 atom stereocenters. The minimum Gasteiger partial charge on any atom is -0.334 e. The van der Waals surface area contributed by atoms with E-state index >= 15 is 0 Å². The number of fused-ring (bicyclic) bond motifs is 4. The van der Waals surface area contributed by atoms with Crippen molar-refractivity contribution in [2.45, 2.75) is 18.4 Å². The first-order valence-corrected chi connectivity index (χ1v) is 16.6. The zero-order valence-electron chi connectivity index (χ0n) is 25.1. The highest BCUT2D eigenvalue weighted by Crippen LogP contribution is 2.48. The normalized spacial score (nSPS) is 19.9. The molecule has 3 unspecified atom stereocenters. The van der Waals surface area contributed by atoms with Crippen LogP contribution in [-0.2, 0) is 0 Å². The highest BCUT2D eigenvalue weighted by atomic mass is 32.1. The van der Waals surface area contributed by atoms with Crippen molar-refractivity contribution in [1.29, 1.82) is 0 Å². The van der Waals surface area contributed by atoms with E-state index in [-0.39, 0.29) is 0 Å². The average Bonchev–Trinajstić information content (AvgIpc) is 3.71. The fourth-order valence-electron chi connectivity index (χ4n) is 6.96. The fraction of sp³-hybridized carbons (Fsp3) is 0.0976. The third-order valence-electron chi connectivity index (χ3n) is 9.16. The average molecular weight is 611 g/mol. The molecule has 0 bridgehead atoms. The number of rotatable bonds is 5. The van der Waals surface area contributed by atoms with Crippen LogP contribution in [0.5, 0.6) is 0 Å². The van der Waals surface area contributed by atoms with Crippen LogP contribution in [0.15, 0.2) is 163 Å². The standard InChI is InChI=1S/C41H30N4S/c1-4-12-27(13-5-1)39-42-40(28-14-6-2-7-15-28)44-41(43-39)30-21-23-37-31(24-30)26-38(46-37)29-20-22-36-34(25-29)33-18-10-11-19-35(33)45(36)32-16-8-3-9-17-32/h1-19,21-26,29,33,35H,20H2. The summed E-state index contributed by atoms with van der Waals surface area (Å²) in [5.74, 6) is 2.75. The van der Waals surface area contributed by atoms with Gasteiger partial charge in [0.25, 0.3) is 0 Å². The molecule has 3 aliphatic rings. The number of hydrogen-bond acceptors (Lipinski definition) is 5. The van der Waals surface area contributed by atoms with Gasteiger partial charge < -0.3 is 4.90 Å². The third-order valence-corrected chi connectivity index (χ3v) is 10.4. The molecule has 220 valence electrons. The van der Waals surface area contributed by atoms with Crippen LogP contribution in [0, 0.1) is 5.92 Å². The van der Waals surface area contributed by atoms with Crippen LogP contribution >= 0.6 is 11.3 Å². The Morgan fingerprint density at radius 2 is 1.26 bits per heavy atom. The zero-order chi connectivity index (χ0) is 30.5. The van der Waals surface area contributed by atoms with E-state index in [4.69, 9.17) is 15.0 Å². The Hall–Kier alpha value is -5.39. The minimum atomic E-state index is 0.315. The second kappa shape index (κ2) is 11.2. The van der Waals surface area contributed by atoms with Crippen molar-refractivity contribution in [2.75, 3.05) is 4.90 Å². The molecule has 4 nitrogen and oxygen atoms in total. The van der Waals surface area contributed by atoms with Gasteiger partial charge in [-0.25, -0.2) is 15.0 Å². The van der Waals surface area contributed by atoms with Gasteiger partial charge >= 0.3 is 0 Å². The number of benzene rings is 4. The quantitative estimate of drug-likeness (QED) is 0.195. The predicted octanol–water partition coefficient (Wildman–Crippen LogP) is 10.0. The summed E-state index contributed by atoms with van der Waals surface area (Å²) in [7, 11) is 0. The molecule has 1 aliphatic heterocycles. The summed E-state index contributed by atoms with van der Waals surface area (Å²) in [6.07, 6.45) is 15.1. The number of allylic oxidation sites excluding steroid dienone is 5. The first-order valence-electron chi connectivity index (χ1n) is 15.8. The van der Waals surface area contributed by atoms with E-state index in [1.165, 1.54) is 31.9 Å². The van der Waals surface area contributed by atoms with Gasteiger partial charge in [-0.2, -0.15) is 0 Å². The molecule has 0 amide bonds. The monoisotopic (exact) mass is 610 g/mol. The third kappa shape index (κ3) is 4.72. The highest BCUT2D eigenvalue weighted by Gasteiger charge is 2.41. The van der Waals surface area contributed by atoms with E-state index in [9.17, 15) is 0 Å². The first-order chi connectivity index (χ1) is 22.8. The molecule has 2 aromatic heterocycles. The van der Waals surface area contributed by atoms with Crippen LogP contribution in [0.3, 0.4) is 0 Å². The van der Waals surface area contributed by atoms with Crippen molar-refractivity contribution in [2.24, 2.45) is 5.92 Å². The maximum absolute atomic E-state index is 4.96. The van der Waals surface area contributed by atoms with Crippen LogP contribution in [0.2, 0.25) is 0 Å². The van der Waals surface area contributed by atoms with Gasteiger partial charge in [0.1, 0.15) is 0 Å². The number of anilines is 1. The van der Waals surface area contributed by atoms with Crippen molar-refractivity contribution < 1.29 is 0 Å². The van der Waals surface area contributed by atoms with Gasteiger partial charge in [-0.15, -0.1) is 11.3 Å². The Labute approximate surface area is 272 Å². The number of hydrogen-bond donors (Lipinski definition) is 0. The molecule has 2 aliphatic carbocycles. The van der Waals surface area contributed by atoms with Crippen molar-refractivity contribution in [3.8, 4) is 34.2 Å². The smallest absolute Gasteiger partial charge is 0.164 e. The molecule has 0 N–H and O–H groups in total. The van der Waals surface area contributed by atoms with Crippen LogP contribution in [0.1, 0.15) is 17.2 Å². The Morgan fingerprint density at radius 1 is 0.630 bits per heavy atom. The molecule has 46 heavy (non-hydrogen) atoms. The van der Waals surface area contributed by atoms with Gasteiger partial charge in [0, 0.05) is 49.5 Å². The zero-order valence-corrected chi connectivity index (χ0v) is 25.9. The number of aromatic nitrogens is 3. The molecule has 4 aromatic carbocycles. The molecular weight excluding hydrogens is 581 g/mol. The maximum Gasteiger partial charge on any atom is 0.164 e. The number of para-hydroxylation sites is 1. The first kappa shape index (κ1) is 27.0. The fourth-order valence-corrected chi connectivity index (χ4v) is 8.08. The van der Waals surface area contributed by atoms with E-state index in [1.807, 2.05) is 72.0 Å². The van der Waals surface area contributed by atoms with Crippen LogP contribution in [0.4, 0.5) is 5.69 Å². The van der Waals surface area contributed by atoms with Crippen LogP contribution < -0.4 is 4.90 Å².